The molecule has 3 rings (SSSR count). The quantitative estimate of drug-likeness (QED) is 0.826. The molecule has 1 aromatic heterocycles. The smallest absolute Gasteiger partial charge is 0.375 e. The predicted molar refractivity (Wildman–Crippen MR) is 91.1 cm³/mol. The molecule has 25 heavy (non-hydrogen) atoms. The van der Waals surface area contributed by atoms with Crippen molar-refractivity contribution in [1.82, 2.24) is 5.32 Å². The minimum Gasteiger partial charge on any atom is -0.450 e. The molecule has 0 saturated carbocycles. The Hall–Kier alpha value is -2.35. The summed E-state index contributed by atoms with van der Waals surface area (Å²) < 4.78 is 33.6. The number of nitrogens with one attached hydrogen (secondary N) is 1. The third kappa shape index (κ3) is 3.68. The number of furan rings is 1. The van der Waals surface area contributed by atoms with E-state index in [9.17, 15) is 18.0 Å². The molecule has 8 heteroatoms. The van der Waals surface area contributed by atoms with Crippen LogP contribution >= 0.6 is 0 Å². The molecule has 1 aliphatic heterocycles. The second-order valence-corrected chi connectivity index (χ2v) is 8.76. The average Bonchev–Trinajstić information content (AvgIpc) is 3.02. The molecule has 1 aromatic carbocycles. The zero-order chi connectivity index (χ0) is 18.2. The summed E-state index contributed by atoms with van der Waals surface area (Å²) in [5.74, 6) is -1.28. The summed E-state index contributed by atoms with van der Waals surface area (Å²) in [5.41, 5.74) is 0.396. The van der Waals surface area contributed by atoms with Gasteiger partial charge in [-0.25, -0.2) is 13.2 Å². The Bertz CT molecular complexity index is 945. The Morgan fingerprint density at radius 2 is 2.04 bits per heavy atom. The van der Waals surface area contributed by atoms with Crippen LogP contribution in [0, 0.1) is 6.92 Å². The Morgan fingerprint density at radius 3 is 2.68 bits per heavy atom. The number of aryl methyl sites for hydroxylation is 1. The minimum absolute atomic E-state index is 0.0434. The molecule has 0 unspecified atom stereocenters. The van der Waals surface area contributed by atoms with E-state index in [2.05, 4.69) is 5.32 Å². The zero-order valence-electron chi connectivity index (χ0n) is 14.0. The van der Waals surface area contributed by atoms with E-state index in [0.717, 1.165) is 5.39 Å². The number of fused-ring (bicyclic) bond motifs is 1. The Morgan fingerprint density at radius 1 is 1.32 bits per heavy atom. The van der Waals surface area contributed by atoms with Crippen molar-refractivity contribution < 1.29 is 27.2 Å². The molecule has 0 aliphatic carbocycles. The number of rotatable bonds is 4. The van der Waals surface area contributed by atoms with Crippen LogP contribution in [0.3, 0.4) is 0 Å². The summed E-state index contributed by atoms with van der Waals surface area (Å²) in [7, 11) is -3.13. The van der Waals surface area contributed by atoms with Crippen LogP contribution in [-0.2, 0) is 19.4 Å². The molecule has 0 bridgehead atoms. The molecule has 7 nitrogen and oxygen atoms in total. The fourth-order valence-electron chi connectivity index (χ4n) is 3.05. The molecular weight excluding hydrogens is 346 g/mol. The van der Waals surface area contributed by atoms with E-state index < -0.39 is 33.9 Å². The molecule has 1 N–H and O–H groups in total. The normalized spacial score (nSPS) is 22.0. The summed E-state index contributed by atoms with van der Waals surface area (Å²) in [5, 5.41) is 3.44. The van der Waals surface area contributed by atoms with Crippen LogP contribution in [0.5, 0.6) is 0 Å². The summed E-state index contributed by atoms with van der Waals surface area (Å²) in [4.78, 5) is 24.2. The van der Waals surface area contributed by atoms with Gasteiger partial charge in [0.05, 0.1) is 17.0 Å². The van der Waals surface area contributed by atoms with E-state index in [-0.39, 0.29) is 17.3 Å². The summed E-state index contributed by atoms with van der Waals surface area (Å²) >= 11 is 0. The van der Waals surface area contributed by atoms with Gasteiger partial charge in [0.25, 0.3) is 5.91 Å². The maximum absolute atomic E-state index is 12.2. The van der Waals surface area contributed by atoms with Crippen molar-refractivity contribution in [1.29, 1.82) is 0 Å². The fraction of sp³-hybridized carbons (Fsp3) is 0.412. The Kier molecular flexibility index (Phi) is 4.32. The van der Waals surface area contributed by atoms with Gasteiger partial charge in [-0.2, -0.15) is 0 Å². The highest BCUT2D eigenvalue weighted by Gasteiger charge is 2.39. The molecule has 1 aliphatic rings. The number of benzene rings is 1. The molecule has 1 fully saturated rings. The van der Waals surface area contributed by atoms with Crippen molar-refractivity contribution in [2.24, 2.45) is 0 Å². The molecule has 0 spiro atoms. The summed E-state index contributed by atoms with van der Waals surface area (Å²) in [6, 6.07) is 7.21. The van der Waals surface area contributed by atoms with Gasteiger partial charge in [0.15, 0.2) is 16.4 Å². The van der Waals surface area contributed by atoms with Crippen LogP contribution in [-0.4, -0.2) is 43.9 Å². The highest BCUT2D eigenvalue weighted by Crippen LogP contribution is 2.25. The van der Waals surface area contributed by atoms with Crippen LogP contribution < -0.4 is 5.32 Å². The molecule has 1 saturated heterocycles. The van der Waals surface area contributed by atoms with Crippen molar-refractivity contribution in [3.8, 4) is 0 Å². The molecule has 0 radical (unpaired) electrons. The van der Waals surface area contributed by atoms with Crippen LogP contribution in [0.2, 0.25) is 0 Å². The Labute approximate surface area is 145 Å². The van der Waals surface area contributed by atoms with E-state index in [1.54, 1.807) is 26.0 Å². The maximum atomic E-state index is 12.2. The summed E-state index contributed by atoms with van der Waals surface area (Å²) in [6.07, 6.45) is 0.345. The van der Waals surface area contributed by atoms with Gasteiger partial charge in [-0.15, -0.1) is 0 Å². The molecule has 2 aromatic rings. The average molecular weight is 365 g/mol. The second kappa shape index (κ2) is 6.18. The SMILES string of the molecule is Cc1c(C(=O)OCC(=O)N[C@@]2(C)CCS(=O)(=O)C2)oc2ccccc12. The monoisotopic (exact) mass is 365 g/mol. The third-order valence-electron chi connectivity index (χ3n) is 4.31. The lowest BCUT2D eigenvalue weighted by Crippen LogP contribution is -2.48. The van der Waals surface area contributed by atoms with Crippen molar-refractivity contribution in [2.75, 3.05) is 18.1 Å². The topological polar surface area (TPSA) is 103 Å². The van der Waals surface area contributed by atoms with Crippen LogP contribution in [0.15, 0.2) is 28.7 Å². The van der Waals surface area contributed by atoms with E-state index >= 15 is 0 Å². The number of ether oxygens (including phenoxy) is 1. The van der Waals surface area contributed by atoms with Gasteiger partial charge in [0.1, 0.15) is 5.58 Å². The van der Waals surface area contributed by atoms with Crippen LogP contribution in [0.25, 0.3) is 11.0 Å². The highest BCUT2D eigenvalue weighted by atomic mass is 32.2. The third-order valence-corrected chi connectivity index (χ3v) is 6.21. The van der Waals surface area contributed by atoms with Crippen molar-refractivity contribution in [2.45, 2.75) is 25.8 Å². The van der Waals surface area contributed by atoms with Gasteiger partial charge in [-0.1, -0.05) is 18.2 Å². The van der Waals surface area contributed by atoms with Crippen molar-refractivity contribution in [3.05, 3.63) is 35.6 Å². The first kappa shape index (κ1) is 17.5. The molecule has 2 heterocycles. The lowest BCUT2D eigenvalue weighted by Gasteiger charge is -2.23. The maximum Gasteiger partial charge on any atom is 0.375 e. The first-order valence-corrected chi connectivity index (χ1v) is 9.68. The van der Waals surface area contributed by atoms with Gasteiger partial charge in [0, 0.05) is 10.9 Å². The number of hydrogen-bond acceptors (Lipinski definition) is 6. The molecule has 1 amide bonds. The predicted octanol–water partition coefficient (Wildman–Crippen LogP) is 1.59. The summed E-state index contributed by atoms with van der Waals surface area (Å²) in [6.45, 7) is 2.92. The molecule has 1 atom stereocenters. The van der Waals surface area contributed by atoms with E-state index in [1.165, 1.54) is 0 Å². The number of hydrogen-bond donors (Lipinski definition) is 1. The van der Waals surface area contributed by atoms with E-state index in [4.69, 9.17) is 9.15 Å². The minimum atomic E-state index is -3.13. The van der Waals surface area contributed by atoms with E-state index in [1.807, 2.05) is 12.1 Å². The Balaban J connectivity index is 1.62. The number of esters is 1. The first-order valence-electron chi connectivity index (χ1n) is 7.86. The first-order chi connectivity index (χ1) is 11.7. The van der Waals surface area contributed by atoms with E-state index in [0.29, 0.717) is 17.6 Å². The van der Waals surface area contributed by atoms with Crippen molar-refractivity contribution >= 4 is 32.7 Å². The van der Waals surface area contributed by atoms with Gasteiger partial charge >= 0.3 is 5.97 Å². The molecule has 134 valence electrons. The van der Waals surface area contributed by atoms with Crippen molar-refractivity contribution in [3.63, 3.8) is 0 Å². The van der Waals surface area contributed by atoms with Gasteiger partial charge in [0.2, 0.25) is 5.76 Å². The number of para-hydroxylation sites is 1. The van der Waals surface area contributed by atoms with Crippen LogP contribution in [0.1, 0.15) is 29.5 Å². The number of carbonyl (C=O) groups is 2. The lowest BCUT2D eigenvalue weighted by molar-refractivity contribution is -0.125. The number of carbonyl (C=O) groups excluding carboxylic acids is 2. The zero-order valence-corrected chi connectivity index (χ0v) is 14.8. The molecular formula is C17H19NO6S. The number of sulfone groups is 1. The van der Waals surface area contributed by atoms with Gasteiger partial charge in [-0.3, -0.25) is 4.79 Å². The lowest BCUT2D eigenvalue weighted by atomic mass is 10.0. The highest BCUT2D eigenvalue weighted by molar-refractivity contribution is 7.91. The fourth-order valence-corrected chi connectivity index (χ4v) is 5.14. The second-order valence-electron chi connectivity index (χ2n) is 6.58. The largest absolute Gasteiger partial charge is 0.450 e. The van der Waals surface area contributed by atoms with Crippen LogP contribution in [0.4, 0.5) is 0 Å². The van der Waals surface area contributed by atoms with Gasteiger partial charge in [-0.05, 0) is 26.3 Å². The standard InChI is InChI=1S/C17H19NO6S/c1-11-12-5-3-4-6-13(12)24-15(11)16(20)23-9-14(19)18-17(2)7-8-25(21,22)10-17/h3-6H,7-10H2,1-2H3,(H,18,19)/t17-/m0/s1. The number of amides is 1. The van der Waals surface area contributed by atoms with Gasteiger partial charge < -0.3 is 14.5 Å².